The number of aryl methyl sites for hydroxylation is 2. The molecule has 5 nitrogen and oxygen atoms in total. The Kier molecular flexibility index (Phi) is 5.56. The zero-order valence-electron chi connectivity index (χ0n) is 14.6. The van der Waals surface area contributed by atoms with Crippen LogP contribution in [0.15, 0.2) is 29.2 Å². The van der Waals surface area contributed by atoms with Crippen LogP contribution in [-0.4, -0.2) is 24.7 Å². The molecule has 0 spiro atoms. The van der Waals surface area contributed by atoms with E-state index < -0.39 is 21.9 Å². The summed E-state index contributed by atoms with van der Waals surface area (Å²) in [7, 11) is -3.66. The van der Waals surface area contributed by atoms with E-state index in [1.165, 1.54) is 16.8 Å². The van der Waals surface area contributed by atoms with E-state index in [9.17, 15) is 21.6 Å². The topological polar surface area (TPSA) is 64.0 Å². The van der Waals surface area contributed by atoms with E-state index in [0.717, 1.165) is 18.4 Å². The molecule has 1 N–H and O–H groups in total. The third-order valence-corrected chi connectivity index (χ3v) is 6.18. The molecule has 0 atom stereocenters. The van der Waals surface area contributed by atoms with E-state index in [0.29, 0.717) is 12.1 Å². The summed E-state index contributed by atoms with van der Waals surface area (Å²) in [6.07, 6.45) is -2.76. The van der Waals surface area contributed by atoms with Crippen molar-refractivity contribution in [2.24, 2.45) is 0 Å². The number of benzene rings is 1. The van der Waals surface area contributed by atoms with Gasteiger partial charge in [-0.05, 0) is 38.3 Å². The number of sulfonamides is 1. The predicted molar refractivity (Wildman–Crippen MR) is 95.2 cm³/mol. The molecule has 0 aliphatic heterocycles. The lowest BCUT2D eigenvalue weighted by Crippen LogP contribution is -2.25. The molecule has 0 unspecified atom stereocenters. The quantitative estimate of drug-likeness (QED) is 0.684. The highest BCUT2D eigenvalue weighted by Crippen LogP contribution is 2.46. The van der Waals surface area contributed by atoms with Gasteiger partial charge in [0.25, 0.3) is 0 Å². The van der Waals surface area contributed by atoms with Gasteiger partial charge in [0.1, 0.15) is 0 Å². The second-order valence-corrected chi connectivity index (χ2v) is 8.75. The Hall–Kier alpha value is -1.58. The maximum absolute atomic E-state index is 13.0. The van der Waals surface area contributed by atoms with Gasteiger partial charge < -0.3 is 0 Å². The lowest BCUT2D eigenvalue weighted by molar-refractivity contribution is -0.141. The van der Waals surface area contributed by atoms with Gasteiger partial charge in [-0.15, -0.1) is 0 Å². The maximum atomic E-state index is 13.0. The average molecular weight is 422 g/mol. The highest BCUT2D eigenvalue weighted by atomic mass is 35.5. The van der Waals surface area contributed by atoms with Gasteiger partial charge in [0.15, 0.2) is 5.69 Å². The first-order chi connectivity index (χ1) is 12.6. The second-order valence-electron chi connectivity index (χ2n) is 6.61. The fourth-order valence-corrected chi connectivity index (χ4v) is 4.26. The fraction of sp³-hybridized carbons (Fsp3) is 0.471. The molecule has 2 aromatic rings. The SMILES string of the molecule is Cc1ccc(S(=O)(=O)NCCCn2nc(C(F)(F)F)c(Cl)c2C2CC2)cc1. The number of halogens is 4. The van der Waals surface area contributed by atoms with Gasteiger partial charge in [0.05, 0.1) is 15.6 Å². The molecular weight excluding hydrogens is 403 g/mol. The molecule has 1 fully saturated rings. The molecule has 3 rings (SSSR count). The molecule has 1 aliphatic rings. The maximum Gasteiger partial charge on any atom is 0.436 e. The van der Waals surface area contributed by atoms with Crippen molar-refractivity contribution in [1.82, 2.24) is 14.5 Å². The Morgan fingerprint density at radius 1 is 1.26 bits per heavy atom. The van der Waals surface area contributed by atoms with Crippen molar-refractivity contribution in [2.45, 2.75) is 49.7 Å². The molecule has 0 amide bonds. The highest BCUT2D eigenvalue weighted by molar-refractivity contribution is 7.89. The van der Waals surface area contributed by atoms with Gasteiger partial charge in [-0.2, -0.15) is 18.3 Å². The van der Waals surface area contributed by atoms with Crippen LogP contribution < -0.4 is 4.72 Å². The zero-order chi connectivity index (χ0) is 19.8. The van der Waals surface area contributed by atoms with Gasteiger partial charge >= 0.3 is 6.18 Å². The smallest absolute Gasteiger partial charge is 0.267 e. The lowest BCUT2D eigenvalue weighted by atomic mass is 10.2. The monoisotopic (exact) mass is 421 g/mol. The van der Waals surface area contributed by atoms with E-state index in [2.05, 4.69) is 9.82 Å². The van der Waals surface area contributed by atoms with Crippen molar-refractivity contribution in [3.05, 3.63) is 46.2 Å². The Labute approximate surface area is 160 Å². The number of hydrogen-bond acceptors (Lipinski definition) is 3. The number of aromatic nitrogens is 2. The summed E-state index contributed by atoms with van der Waals surface area (Å²) in [5.41, 5.74) is 0.259. The molecule has 1 aromatic heterocycles. The summed E-state index contributed by atoms with van der Waals surface area (Å²) in [5.74, 6) is -0.00893. The van der Waals surface area contributed by atoms with Crippen molar-refractivity contribution >= 4 is 21.6 Å². The standard InChI is InChI=1S/C17H19ClF3N3O2S/c1-11-3-7-13(8-4-11)27(25,26)22-9-2-10-24-15(12-5-6-12)14(18)16(23-24)17(19,20)21/h3-4,7-8,12,22H,2,5-6,9-10H2,1H3. The largest absolute Gasteiger partial charge is 0.436 e. The van der Waals surface area contributed by atoms with Crippen LogP contribution in [0.2, 0.25) is 5.02 Å². The number of rotatable bonds is 7. The van der Waals surface area contributed by atoms with Crippen LogP contribution in [0.3, 0.4) is 0 Å². The van der Waals surface area contributed by atoms with E-state index in [4.69, 9.17) is 11.6 Å². The summed E-state index contributed by atoms with van der Waals surface area (Å²) < 4.78 is 67.3. The lowest BCUT2D eigenvalue weighted by Gasteiger charge is -2.09. The molecule has 0 radical (unpaired) electrons. The molecule has 10 heteroatoms. The van der Waals surface area contributed by atoms with Crippen molar-refractivity contribution in [1.29, 1.82) is 0 Å². The second kappa shape index (κ2) is 7.44. The van der Waals surface area contributed by atoms with E-state index >= 15 is 0 Å². The molecule has 148 valence electrons. The normalized spacial score (nSPS) is 15.3. The summed E-state index contributed by atoms with van der Waals surface area (Å²) in [5, 5.41) is 3.28. The van der Waals surface area contributed by atoms with E-state index in [1.54, 1.807) is 12.1 Å². The van der Waals surface area contributed by atoms with E-state index in [1.807, 2.05) is 6.92 Å². The van der Waals surface area contributed by atoms with Gasteiger partial charge in [-0.25, -0.2) is 13.1 Å². The molecule has 1 aliphatic carbocycles. The Balaban J connectivity index is 1.65. The van der Waals surface area contributed by atoms with Crippen LogP contribution >= 0.6 is 11.6 Å². The zero-order valence-corrected chi connectivity index (χ0v) is 16.1. The predicted octanol–water partition coefficient (Wildman–Crippen LogP) is 4.11. The summed E-state index contributed by atoms with van der Waals surface area (Å²) in [4.78, 5) is 0.147. The average Bonchev–Trinajstić information content (AvgIpc) is 3.34. The molecule has 1 heterocycles. The number of hydrogen-bond donors (Lipinski definition) is 1. The fourth-order valence-electron chi connectivity index (χ4n) is 2.79. The number of nitrogens with one attached hydrogen (secondary N) is 1. The summed E-state index contributed by atoms with van der Waals surface area (Å²) in [6, 6.07) is 6.40. The molecule has 27 heavy (non-hydrogen) atoms. The molecule has 1 saturated carbocycles. The summed E-state index contributed by atoms with van der Waals surface area (Å²) >= 11 is 5.91. The van der Waals surface area contributed by atoms with E-state index in [-0.39, 0.29) is 28.9 Å². The van der Waals surface area contributed by atoms with Crippen molar-refractivity contribution in [3.63, 3.8) is 0 Å². The van der Waals surface area contributed by atoms with Crippen LogP contribution in [0.4, 0.5) is 13.2 Å². The van der Waals surface area contributed by atoms with Crippen molar-refractivity contribution in [3.8, 4) is 0 Å². The third kappa shape index (κ3) is 4.64. The molecule has 1 aromatic carbocycles. The van der Waals surface area contributed by atoms with Gasteiger partial charge in [-0.3, -0.25) is 4.68 Å². The van der Waals surface area contributed by atoms with Gasteiger partial charge in [0.2, 0.25) is 10.0 Å². The van der Waals surface area contributed by atoms with Crippen LogP contribution in [-0.2, 0) is 22.7 Å². The van der Waals surface area contributed by atoms with Crippen LogP contribution in [0.25, 0.3) is 0 Å². The number of nitrogens with zero attached hydrogens (tertiary/aromatic N) is 2. The first-order valence-corrected chi connectivity index (χ1v) is 10.4. The molecular formula is C17H19ClF3N3O2S. The van der Waals surface area contributed by atoms with Crippen LogP contribution in [0, 0.1) is 6.92 Å². The van der Waals surface area contributed by atoms with Crippen molar-refractivity contribution in [2.75, 3.05) is 6.54 Å². The number of alkyl halides is 3. The van der Waals surface area contributed by atoms with Crippen LogP contribution in [0.5, 0.6) is 0 Å². The minimum absolute atomic E-state index is 0.00893. The first kappa shape index (κ1) is 20.2. The van der Waals surface area contributed by atoms with Crippen LogP contribution in [0.1, 0.15) is 42.1 Å². The molecule has 0 saturated heterocycles. The minimum atomic E-state index is -4.61. The van der Waals surface area contributed by atoms with Gasteiger partial charge in [0, 0.05) is 19.0 Å². The first-order valence-electron chi connectivity index (χ1n) is 8.49. The van der Waals surface area contributed by atoms with Crippen molar-refractivity contribution < 1.29 is 21.6 Å². The third-order valence-electron chi connectivity index (χ3n) is 4.33. The van der Waals surface area contributed by atoms with Gasteiger partial charge in [-0.1, -0.05) is 29.3 Å². The summed E-state index contributed by atoms with van der Waals surface area (Å²) in [6.45, 7) is 2.09. The Morgan fingerprint density at radius 2 is 1.89 bits per heavy atom. The highest BCUT2D eigenvalue weighted by Gasteiger charge is 2.41. The molecule has 0 bridgehead atoms. The Morgan fingerprint density at radius 3 is 2.44 bits per heavy atom. The Bertz CT molecular complexity index is 920. The minimum Gasteiger partial charge on any atom is -0.267 e.